The van der Waals surface area contributed by atoms with Crippen LogP contribution < -0.4 is 16.2 Å². The number of benzene rings is 2. The van der Waals surface area contributed by atoms with E-state index in [1.165, 1.54) is 0 Å². The van der Waals surface area contributed by atoms with Crippen molar-refractivity contribution in [1.82, 2.24) is 4.98 Å². The van der Waals surface area contributed by atoms with Crippen molar-refractivity contribution in [3.8, 4) is 17.0 Å². The standard InChI is InChI=1S/C24H26N4O3/c1-15(31-16-10-11-16)12-13-30-22-9-5-3-7-18(22)21-14-19(23(29)28-24(25)26)17-6-2-4-8-20(17)27-21/h2-9,14-16H,10-13H2,1H3,(H4,25,26,28,29). The van der Waals surface area contributed by atoms with Gasteiger partial charge in [0.25, 0.3) is 5.91 Å². The second-order valence-corrected chi connectivity index (χ2v) is 7.69. The Labute approximate surface area is 181 Å². The van der Waals surface area contributed by atoms with Gasteiger partial charge in [-0.3, -0.25) is 4.79 Å². The summed E-state index contributed by atoms with van der Waals surface area (Å²) >= 11 is 0. The van der Waals surface area contributed by atoms with Gasteiger partial charge in [-0.05, 0) is 44.0 Å². The number of carbonyl (C=O) groups excluding carboxylic acids is 1. The first-order valence-electron chi connectivity index (χ1n) is 10.4. The molecule has 3 aromatic rings. The molecule has 7 nitrogen and oxygen atoms in total. The Morgan fingerprint density at radius 1 is 1.16 bits per heavy atom. The van der Waals surface area contributed by atoms with Gasteiger partial charge in [0.15, 0.2) is 5.96 Å². The van der Waals surface area contributed by atoms with Crippen LogP contribution in [0.5, 0.6) is 5.75 Å². The highest BCUT2D eigenvalue weighted by atomic mass is 16.5. The Balaban J connectivity index is 1.64. The minimum Gasteiger partial charge on any atom is -0.493 e. The number of para-hydroxylation sites is 2. The van der Waals surface area contributed by atoms with E-state index in [4.69, 9.17) is 25.9 Å². The van der Waals surface area contributed by atoms with Gasteiger partial charge in [0.1, 0.15) is 5.75 Å². The van der Waals surface area contributed by atoms with Gasteiger partial charge in [-0.1, -0.05) is 30.3 Å². The number of aliphatic imine (C=N–C) groups is 1. The van der Waals surface area contributed by atoms with E-state index in [0.717, 1.165) is 24.8 Å². The lowest BCUT2D eigenvalue weighted by atomic mass is 10.0. The largest absolute Gasteiger partial charge is 0.493 e. The van der Waals surface area contributed by atoms with Crippen molar-refractivity contribution >= 4 is 22.8 Å². The molecule has 7 heteroatoms. The SMILES string of the molecule is CC(CCOc1ccccc1-c1cc(C(=O)N=C(N)N)c2ccccc2n1)OC1CC1. The molecule has 1 saturated carbocycles. The topological polar surface area (TPSA) is 113 Å². The van der Waals surface area contributed by atoms with Crippen LogP contribution in [-0.2, 0) is 4.74 Å². The van der Waals surface area contributed by atoms with E-state index in [2.05, 4.69) is 11.9 Å². The van der Waals surface area contributed by atoms with Gasteiger partial charge in [-0.15, -0.1) is 0 Å². The number of guanidine groups is 1. The first-order valence-corrected chi connectivity index (χ1v) is 10.4. The predicted molar refractivity (Wildman–Crippen MR) is 121 cm³/mol. The Morgan fingerprint density at radius 3 is 2.68 bits per heavy atom. The van der Waals surface area contributed by atoms with Crippen LogP contribution in [-0.4, -0.2) is 35.7 Å². The fraction of sp³-hybridized carbons (Fsp3) is 0.292. The normalized spacial score (nSPS) is 14.2. The molecular weight excluding hydrogens is 392 g/mol. The quantitative estimate of drug-likeness (QED) is 0.426. The molecular formula is C24H26N4O3. The number of amides is 1. The van der Waals surface area contributed by atoms with Crippen LogP contribution in [0.1, 0.15) is 36.5 Å². The molecule has 0 bridgehead atoms. The molecule has 1 aliphatic rings. The highest BCUT2D eigenvalue weighted by Gasteiger charge is 2.24. The van der Waals surface area contributed by atoms with Gasteiger partial charge < -0.3 is 20.9 Å². The molecule has 0 saturated heterocycles. The number of pyridine rings is 1. The molecule has 1 aliphatic carbocycles. The van der Waals surface area contributed by atoms with Gasteiger partial charge in [0.05, 0.1) is 35.6 Å². The summed E-state index contributed by atoms with van der Waals surface area (Å²) in [6, 6.07) is 16.7. The lowest BCUT2D eigenvalue weighted by Crippen LogP contribution is -2.24. The van der Waals surface area contributed by atoms with E-state index in [0.29, 0.717) is 40.6 Å². The number of nitrogens with two attached hydrogens (primary N) is 2. The maximum Gasteiger partial charge on any atom is 0.280 e. The highest BCUT2D eigenvalue weighted by Crippen LogP contribution is 2.32. The van der Waals surface area contributed by atoms with Crippen molar-refractivity contribution in [2.75, 3.05) is 6.61 Å². The van der Waals surface area contributed by atoms with Gasteiger partial charge in [0.2, 0.25) is 0 Å². The molecule has 1 amide bonds. The van der Waals surface area contributed by atoms with Gasteiger partial charge >= 0.3 is 0 Å². The van der Waals surface area contributed by atoms with Crippen LogP contribution in [0, 0.1) is 0 Å². The molecule has 31 heavy (non-hydrogen) atoms. The predicted octanol–water partition coefficient (Wildman–Crippen LogP) is 3.65. The van der Waals surface area contributed by atoms with E-state index >= 15 is 0 Å². The van der Waals surface area contributed by atoms with Crippen LogP contribution in [0.25, 0.3) is 22.2 Å². The summed E-state index contributed by atoms with van der Waals surface area (Å²) in [7, 11) is 0. The summed E-state index contributed by atoms with van der Waals surface area (Å²) in [4.78, 5) is 21.1. The molecule has 0 aliphatic heterocycles. The summed E-state index contributed by atoms with van der Waals surface area (Å²) in [5.41, 5.74) is 13.3. The zero-order valence-corrected chi connectivity index (χ0v) is 17.5. The minimum atomic E-state index is -0.510. The van der Waals surface area contributed by atoms with Crippen LogP contribution in [0.2, 0.25) is 0 Å². The highest BCUT2D eigenvalue weighted by molar-refractivity contribution is 6.10. The van der Waals surface area contributed by atoms with Gasteiger partial charge in [-0.2, -0.15) is 4.99 Å². The van der Waals surface area contributed by atoms with Crippen LogP contribution in [0.3, 0.4) is 0 Å². The second kappa shape index (κ2) is 9.14. The Morgan fingerprint density at radius 2 is 1.90 bits per heavy atom. The first kappa shape index (κ1) is 20.8. The first-order chi connectivity index (χ1) is 15.0. The number of hydrogen-bond acceptors (Lipinski definition) is 4. The van der Waals surface area contributed by atoms with Crippen molar-refractivity contribution in [2.45, 2.75) is 38.4 Å². The third kappa shape index (κ3) is 5.19. The summed E-state index contributed by atoms with van der Waals surface area (Å²) in [6.07, 6.45) is 3.68. The second-order valence-electron chi connectivity index (χ2n) is 7.69. The van der Waals surface area contributed by atoms with E-state index < -0.39 is 5.91 Å². The monoisotopic (exact) mass is 418 g/mol. The number of ether oxygens (including phenoxy) is 2. The Kier molecular flexibility index (Phi) is 6.13. The van der Waals surface area contributed by atoms with E-state index in [9.17, 15) is 4.79 Å². The molecule has 1 aromatic heterocycles. The number of carbonyl (C=O) groups is 1. The molecule has 1 fully saturated rings. The maximum atomic E-state index is 12.7. The number of nitrogens with zero attached hydrogens (tertiary/aromatic N) is 2. The Hall–Kier alpha value is -3.45. The third-order valence-corrected chi connectivity index (χ3v) is 5.07. The summed E-state index contributed by atoms with van der Waals surface area (Å²) < 4.78 is 11.9. The van der Waals surface area contributed by atoms with Crippen molar-refractivity contribution in [2.24, 2.45) is 16.5 Å². The molecule has 2 aromatic carbocycles. The zero-order chi connectivity index (χ0) is 21.8. The number of hydrogen-bond donors (Lipinski definition) is 2. The van der Waals surface area contributed by atoms with Crippen molar-refractivity contribution in [3.63, 3.8) is 0 Å². The lowest BCUT2D eigenvalue weighted by Gasteiger charge is -2.15. The lowest BCUT2D eigenvalue weighted by molar-refractivity contribution is 0.0382. The summed E-state index contributed by atoms with van der Waals surface area (Å²) in [6.45, 7) is 2.60. The number of rotatable bonds is 8. The van der Waals surface area contributed by atoms with E-state index in [1.54, 1.807) is 6.07 Å². The summed E-state index contributed by atoms with van der Waals surface area (Å²) in [5, 5.41) is 0.686. The fourth-order valence-corrected chi connectivity index (χ4v) is 3.41. The van der Waals surface area contributed by atoms with E-state index in [-0.39, 0.29) is 12.1 Å². The van der Waals surface area contributed by atoms with Gasteiger partial charge in [-0.25, -0.2) is 4.98 Å². The maximum absolute atomic E-state index is 12.7. The Bertz CT molecular complexity index is 1120. The molecule has 1 heterocycles. The third-order valence-electron chi connectivity index (χ3n) is 5.07. The average molecular weight is 418 g/mol. The smallest absolute Gasteiger partial charge is 0.280 e. The van der Waals surface area contributed by atoms with E-state index in [1.807, 2.05) is 48.5 Å². The van der Waals surface area contributed by atoms with Gasteiger partial charge in [0, 0.05) is 17.4 Å². The minimum absolute atomic E-state index is 0.155. The van der Waals surface area contributed by atoms with Crippen LogP contribution in [0.15, 0.2) is 59.6 Å². The molecule has 1 unspecified atom stereocenters. The molecule has 0 spiro atoms. The number of aromatic nitrogens is 1. The molecule has 0 radical (unpaired) electrons. The van der Waals surface area contributed by atoms with Crippen molar-refractivity contribution in [3.05, 3.63) is 60.2 Å². The average Bonchev–Trinajstić information content (AvgIpc) is 3.56. The summed E-state index contributed by atoms with van der Waals surface area (Å²) in [5.74, 6) is -0.0906. The zero-order valence-electron chi connectivity index (χ0n) is 17.5. The van der Waals surface area contributed by atoms with Crippen molar-refractivity contribution in [1.29, 1.82) is 0 Å². The van der Waals surface area contributed by atoms with Crippen LogP contribution in [0.4, 0.5) is 0 Å². The molecule has 4 rings (SSSR count). The number of fused-ring (bicyclic) bond motifs is 1. The molecule has 160 valence electrons. The molecule has 4 N–H and O–H groups in total. The fourth-order valence-electron chi connectivity index (χ4n) is 3.41. The molecule has 1 atom stereocenters. The van der Waals surface area contributed by atoms with Crippen LogP contribution >= 0.6 is 0 Å². The van der Waals surface area contributed by atoms with Crippen molar-refractivity contribution < 1.29 is 14.3 Å².